The molecule has 0 atom stereocenters. The lowest BCUT2D eigenvalue weighted by Gasteiger charge is -2.46. The maximum absolute atomic E-state index is 11.2. The van der Waals surface area contributed by atoms with E-state index in [1.165, 1.54) is 25.5 Å². The Labute approximate surface area is 113 Å². The van der Waals surface area contributed by atoms with Crippen molar-refractivity contribution in [2.75, 3.05) is 13.7 Å². The molecule has 0 unspecified atom stereocenters. The van der Waals surface area contributed by atoms with Crippen LogP contribution in [0.5, 0.6) is 0 Å². The van der Waals surface area contributed by atoms with E-state index >= 15 is 0 Å². The first-order valence-corrected chi connectivity index (χ1v) is 7.02. The van der Waals surface area contributed by atoms with Crippen molar-refractivity contribution >= 4 is 5.97 Å². The van der Waals surface area contributed by atoms with E-state index in [0.717, 1.165) is 30.9 Å². The molecule has 0 radical (unpaired) electrons. The van der Waals surface area contributed by atoms with Gasteiger partial charge in [0.1, 0.15) is 0 Å². The van der Waals surface area contributed by atoms with E-state index in [-0.39, 0.29) is 11.6 Å². The van der Waals surface area contributed by atoms with Crippen LogP contribution in [0, 0.1) is 5.92 Å². The highest BCUT2D eigenvalue weighted by atomic mass is 16.5. The van der Waals surface area contributed by atoms with Gasteiger partial charge in [0.15, 0.2) is 0 Å². The fraction of sp³-hybridized carbons (Fsp3) is 0.562. The summed E-state index contributed by atoms with van der Waals surface area (Å²) in [6.07, 6.45) is 5.17. The summed E-state index contributed by atoms with van der Waals surface area (Å²) in [5.41, 5.74) is 2.20. The molecule has 3 fully saturated rings. The van der Waals surface area contributed by atoms with Crippen molar-refractivity contribution in [2.24, 2.45) is 5.92 Å². The molecule has 3 aliphatic rings. The van der Waals surface area contributed by atoms with Crippen LogP contribution in [-0.4, -0.2) is 19.7 Å². The van der Waals surface area contributed by atoms with Crippen molar-refractivity contribution in [2.45, 2.75) is 37.7 Å². The topological polar surface area (TPSA) is 35.5 Å². The molecule has 2 aliphatic heterocycles. The van der Waals surface area contributed by atoms with Gasteiger partial charge in [0.2, 0.25) is 0 Å². The Morgan fingerprint density at radius 3 is 2.53 bits per heavy atom. The quantitative estimate of drug-likeness (QED) is 0.784. The lowest BCUT2D eigenvalue weighted by atomic mass is 9.72. The molecule has 0 N–H and O–H groups in total. The second-order valence-corrected chi connectivity index (χ2v) is 5.70. The number of carbonyl (C=O) groups excluding carboxylic acids is 1. The van der Waals surface area contributed by atoms with Crippen molar-refractivity contribution in [1.29, 1.82) is 0 Å². The number of hydrogen-bond acceptors (Lipinski definition) is 3. The van der Waals surface area contributed by atoms with E-state index in [1.54, 1.807) is 0 Å². The summed E-state index contributed by atoms with van der Waals surface area (Å²) in [6, 6.07) is 8.27. The van der Waals surface area contributed by atoms with Gasteiger partial charge in [-0.25, -0.2) is 0 Å². The predicted octanol–water partition coefficient (Wildman–Crippen LogP) is 2.82. The number of rotatable bonds is 3. The molecule has 2 bridgehead atoms. The van der Waals surface area contributed by atoms with Crippen LogP contribution >= 0.6 is 0 Å². The second kappa shape index (κ2) is 4.97. The average molecular weight is 260 g/mol. The normalized spacial score (nSPS) is 29.2. The van der Waals surface area contributed by atoms with Gasteiger partial charge in [0.25, 0.3) is 0 Å². The van der Waals surface area contributed by atoms with Gasteiger partial charge in [-0.2, -0.15) is 0 Å². The third-order valence-corrected chi connectivity index (χ3v) is 4.56. The van der Waals surface area contributed by atoms with Crippen LogP contribution in [0.25, 0.3) is 0 Å². The largest absolute Gasteiger partial charge is 0.469 e. The SMILES string of the molecule is COC(=O)Cc1ccc(C23CCC(CC2)CO3)cc1. The molecular formula is C16H20O3. The van der Waals surface area contributed by atoms with Gasteiger partial charge < -0.3 is 9.47 Å². The van der Waals surface area contributed by atoms with Gasteiger partial charge in [-0.05, 0) is 42.7 Å². The van der Waals surface area contributed by atoms with Crippen LogP contribution in [0.4, 0.5) is 0 Å². The molecule has 0 amide bonds. The van der Waals surface area contributed by atoms with Crippen LogP contribution in [0.2, 0.25) is 0 Å². The average Bonchev–Trinajstić information content (AvgIpc) is 2.49. The van der Waals surface area contributed by atoms with Gasteiger partial charge in [-0.3, -0.25) is 4.79 Å². The van der Waals surface area contributed by atoms with Gasteiger partial charge in [0.05, 0.1) is 25.7 Å². The lowest BCUT2D eigenvalue weighted by Crippen LogP contribution is -2.42. The van der Waals surface area contributed by atoms with Crippen LogP contribution in [0.3, 0.4) is 0 Å². The van der Waals surface area contributed by atoms with Gasteiger partial charge in [0, 0.05) is 0 Å². The van der Waals surface area contributed by atoms with Gasteiger partial charge >= 0.3 is 5.97 Å². The van der Waals surface area contributed by atoms with Crippen molar-refractivity contribution in [3.05, 3.63) is 35.4 Å². The fourth-order valence-corrected chi connectivity index (χ4v) is 3.27. The van der Waals surface area contributed by atoms with Crippen molar-refractivity contribution in [3.63, 3.8) is 0 Å². The van der Waals surface area contributed by atoms with Crippen molar-refractivity contribution in [3.8, 4) is 0 Å². The van der Waals surface area contributed by atoms with Crippen molar-refractivity contribution < 1.29 is 14.3 Å². The molecule has 1 aromatic carbocycles. The first kappa shape index (κ1) is 12.7. The van der Waals surface area contributed by atoms with E-state index in [0.29, 0.717) is 6.42 Å². The minimum Gasteiger partial charge on any atom is -0.469 e. The predicted molar refractivity (Wildman–Crippen MR) is 71.8 cm³/mol. The Morgan fingerprint density at radius 2 is 2.00 bits per heavy atom. The standard InChI is InChI=1S/C16H20O3/c1-18-15(17)10-12-2-4-14(5-3-12)16-8-6-13(7-9-16)11-19-16/h2-5,13H,6-11H2,1H3. The molecule has 2 heterocycles. The molecule has 0 aromatic heterocycles. The minimum atomic E-state index is -0.194. The van der Waals surface area contributed by atoms with Crippen LogP contribution in [0.1, 0.15) is 36.8 Å². The smallest absolute Gasteiger partial charge is 0.309 e. The number of benzene rings is 1. The number of hydrogen-bond donors (Lipinski definition) is 0. The Hall–Kier alpha value is -1.35. The third kappa shape index (κ3) is 2.39. The van der Waals surface area contributed by atoms with Crippen LogP contribution < -0.4 is 0 Å². The zero-order valence-electron chi connectivity index (χ0n) is 11.4. The molecule has 3 nitrogen and oxygen atoms in total. The molecule has 1 saturated carbocycles. The lowest BCUT2D eigenvalue weighted by molar-refractivity contribution is -0.149. The number of fused-ring (bicyclic) bond motifs is 3. The van der Waals surface area contributed by atoms with E-state index in [1.807, 2.05) is 12.1 Å². The molecular weight excluding hydrogens is 240 g/mol. The summed E-state index contributed by atoms with van der Waals surface area (Å²) in [5.74, 6) is 0.584. The molecule has 1 aliphatic carbocycles. The maximum Gasteiger partial charge on any atom is 0.309 e. The molecule has 3 heteroatoms. The fourth-order valence-electron chi connectivity index (χ4n) is 3.27. The third-order valence-electron chi connectivity index (χ3n) is 4.56. The first-order valence-electron chi connectivity index (χ1n) is 7.02. The zero-order chi connectivity index (χ0) is 13.3. The van der Waals surface area contributed by atoms with Crippen molar-refractivity contribution in [1.82, 2.24) is 0 Å². The summed E-state index contributed by atoms with van der Waals surface area (Å²) < 4.78 is 10.8. The van der Waals surface area contributed by atoms with Gasteiger partial charge in [-0.15, -0.1) is 0 Å². The first-order chi connectivity index (χ1) is 9.22. The number of esters is 1. The second-order valence-electron chi connectivity index (χ2n) is 5.70. The Balaban J connectivity index is 1.76. The molecule has 19 heavy (non-hydrogen) atoms. The molecule has 4 rings (SSSR count). The summed E-state index contributed by atoms with van der Waals surface area (Å²) in [4.78, 5) is 11.2. The Bertz CT molecular complexity index is 442. The molecule has 2 saturated heterocycles. The Morgan fingerprint density at radius 1 is 1.32 bits per heavy atom. The summed E-state index contributed by atoms with van der Waals surface area (Å²) in [6.45, 7) is 0.907. The molecule has 102 valence electrons. The molecule has 1 aromatic rings. The van der Waals surface area contributed by atoms with E-state index in [2.05, 4.69) is 16.9 Å². The van der Waals surface area contributed by atoms with E-state index < -0.39 is 0 Å². The summed E-state index contributed by atoms with van der Waals surface area (Å²) in [7, 11) is 1.42. The number of carbonyl (C=O) groups is 1. The van der Waals surface area contributed by atoms with Gasteiger partial charge in [-0.1, -0.05) is 24.3 Å². The highest BCUT2D eigenvalue weighted by Crippen LogP contribution is 2.47. The monoisotopic (exact) mass is 260 g/mol. The van der Waals surface area contributed by atoms with E-state index in [9.17, 15) is 4.79 Å². The number of ether oxygens (including phenoxy) is 2. The summed E-state index contributed by atoms with van der Waals surface area (Å²) >= 11 is 0. The highest BCUT2D eigenvalue weighted by Gasteiger charge is 2.42. The van der Waals surface area contributed by atoms with Crippen LogP contribution in [-0.2, 0) is 26.3 Å². The Kier molecular flexibility index (Phi) is 3.31. The van der Waals surface area contributed by atoms with Crippen LogP contribution in [0.15, 0.2) is 24.3 Å². The zero-order valence-corrected chi connectivity index (χ0v) is 11.4. The maximum atomic E-state index is 11.2. The molecule has 0 spiro atoms. The summed E-state index contributed by atoms with van der Waals surface area (Å²) in [5, 5.41) is 0. The minimum absolute atomic E-state index is 0.0570. The highest BCUT2D eigenvalue weighted by molar-refractivity contribution is 5.72. The van der Waals surface area contributed by atoms with E-state index in [4.69, 9.17) is 4.74 Å². The number of methoxy groups -OCH3 is 1.